The Morgan fingerprint density at radius 1 is 1.57 bits per heavy atom. The molecule has 4 heteroatoms. The summed E-state index contributed by atoms with van der Waals surface area (Å²) >= 11 is 3.19. The molecule has 0 unspecified atom stereocenters. The molecule has 72 valence electrons. The summed E-state index contributed by atoms with van der Waals surface area (Å²) in [5.74, 6) is -0.0155. The Morgan fingerprint density at radius 2 is 2.43 bits per heavy atom. The van der Waals surface area contributed by atoms with Gasteiger partial charge in [0.2, 0.25) is 0 Å². The number of fused-ring (bicyclic) bond motifs is 1. The van der Waals surface area contributed by atoms with Crippen LogP contribution in [-0.2, 0) is 0 Å². The third kappa shape index (κ3) is 1.71. The highest BCUT2D eigenvalue weighted by molar-refractivity contribution is 7.27. The summed E-state index contributed by atoms with van der Waals surface area (Å²) in [4.78, 5) is 12.3. The first-order chi connectivity index (χ1) is 6.81. The quantitative estimate of drug-likeness (QED) is 0.796. The predicted octanol–water partition coefficient (Wildman–Crippen LogP) is 2.88. The number of rotatable bonds is 3. The molecule has 0 fully saturated rings. The number of carbonyl (C=O) groups is 1. The van der Waals surface area contributed by atoms with Crippen LogP contribution >= 0.6 is 22.7 Å². The largest absolute Gasteiger partial charge is 0.348 e. The maximum Gasteiger partial charge on any atom is 0.261 e. The van der Waals surface area contributed by atoms with E-state index in [1.54, 1.807) is 17.4 Å². The molecule has 14 heavy (non-hydrogen) atoms. The summed E-state index contributed by atoms with van der Waals surface area (Å²) in [6.45, 7) is 4.07. The van der Waals surface area contributed by atoms with Gasteiger partial charge in [0, 0.05) is 15.9 Å². The third-order valence-electron chi connectivity index (χ3n) is 1.77. The van der Waals surface area contributed by atoms with Crippen molar-refractivity contribution in [2.75, 3.05) is 6.54 Å². The summed E-state index contributed by atoms with van der Waals surface area (Å²) in [7, 11) is 0. The molecule has 0 aliphatic heterocycles. The van der Waals surface area contributed by atoms with Crippen molar-refractivity contribution in [2.45, 2.75) is 0 Å². The summed E-state index contributed by atoms with van der Waals surface area (Å²) < 4.78 is 2.36. The average Bonchev–Trinajstić information content (AvgIpc) is 2.72. The van der Waals surface area contributed by atoms with Crippen molar-refractivity contribution >= 4 is 38.0 Å². The molecule has 0 bridgehead atoms. The van der Waals surface area contributed by atoms with Gasteiger partial charge < -0.3 is 5.32 Å². The van der Waals surface area contributed by atoms with Gasteiger partial charge in [0.15, 0.2) is 0 Å². The van der Waals surface area contributed by atoms with Crippen LogP contribution in [0.3, 0.4) is 0 Å². The van der Waals surface area contributed by atoms with Gasteiger partial charge in [0.1, 0.15) is 0 Å². The van der Waals surface area contributed by atoms with E-state index in [9.17, 15) is 4.79 Å². The van der Waals surface area contributed by atoms with Crippen LogP contribution in [0.4, 0.5) is 0 Å². The normalized spacial score (nSPS) is 10.3. The Bertz CT molecular complexity index is 441. The van der Waals surface area contributed by atoms with Crippen molar-refractivity contribution in [3.63, 3.8) is 0 Å². The van der Waals surface area contributed by atoms with Crippen LogP contribution < -0.4 is 5.32 Å². The standard InChI is InChI=1S/C10H9NOS2/c1-2-4-11-10(12)9-6-8-7(14-9)3-5-13-8/h2-3,5-6H,1,4H2,(H,11,12). The molecule has 2 aromatic heterocycles. The van der Waals surface area contributed by atoms with Gasteiger partial charge in [-0.2, -0.15) is 0 Å². The lowest BCUT2D eigenvalue weighted by molar-refractivity contribution is 0.0962. The minimum Gasteiger partial charge on any atom is -0.348 e. The molecule has 0 saturated heterocycles. The van der Waals surface area contributed by atoms with Gasteiger partial charge in [-0.05, 0) is 17.5 Å². The number of nitrogens with one attached hydrogen (secondary N) is 1. The highest BCUT2D eigenvalue weighted by atomic mass is 32.1. The molecule has 0 radical (unpaired) electrons. The van der Waals surface area contributed by atoms with Crippen LogP contribution in [0.15, 0.2) is 30.2 Å². The van der Waals surface area contributed by atoms with Crippen LogP contribution in [0.5, 0.6) is 0 Å². The molecule has 2 rings (SSSR count). The zero-order valence-electron chi connectivity index (χ0n) is 7.45. The monoisotopic (exact) mass is 223 g/mol. The molecular formula is C10H9NOS2. The lowest BCUT2D eigenvalue weighted by Crippen LogP contribution is -2.21. The summed E-state index contributed by atoms with van der Waals surface area (Å²) in [6.07, 6.45) is 1.67. The molecule has 0 atom stereocenters. The molecule has 0 saturated carbocycles. The maximum atomic E-state index is 11.5. The fourth-order valence-electron chi connectivity index (χ4n) is 1.13. The van der Waals surface area contributed by atoms with Gasteiger partial charge in [-0.25, -0.2) is 0 Å². The van der Waals surface area contributed by atoms with Crippen molar-refractivity contribution in [3.05, 3.63) is 35.0 Å². The Labute approximate surface area is 89.9 Å². The Hall–Kier alpha value is -1.13. The zero-order valence-corrected chi connectivity index (χ0v) is 9.08. The third-order valence-corrected chi connectivity index (χ3v) is 3.86. The molecule has 0 aliphatic carbocycles. The minimum atomic E-state index is -0.0155. The van der Waals surface area contributed by atoms with E-state index in [4.69, 9.17) is 0 Å². The van der Waals surface area contributed by atoms with Crippen LogP contribution in [0.2, 0.25) is 0 Å². The molecule has 2 nitrogen and oxygen atoms in total. The van der Waals surface area contributed by atoms with E-state index in [-0.39, 0.29) is 5.91 Å². The van der Waals surface area contributed by atoms with Crippen molar-refractivity contribution in [1.82, 2.24) is 5.32 Å². The van der Waals surface area contributed by atoms with Gasteiger partial charge in [-0.3, -0.25) is 4.79 Å². The predicted molar refractivity (Wildman–Crippen MR) is 62.2 cm³/mol. The second-order valence-corrected chi connectivity index (χ2v) is 4.79. The Balaban J connectivity index is 2.21. The fraction of sp³-hybridized carbons (Fsp3) is 0.100. The number of carbonyl (C=O) groups excluding carboxylic acids is 1. The van der Waals surface area contributed by atoms with E-state index < -0.39 is 0 Å². The van der Waals surface area contributed by atoms with Gasteiger partial charge in [-0.15, -0.1) is 29.3 Å². The molecule has 1 N–H and O–H groups in total. The van der Waals surface area contributed by atoms with Crippen LogP contribution in [0.25, 0.3) is 9.40 Å². The first kappa shape index (κ1) is 9.43. The number of amides is 1. The van der Waals surface area contributed by atoms with Crippen molar-refractivity contribution < 1.29 is 4.79 Å². The van der Waals surface area contributed by atoms with E-state index in [1.165, 1.54) is 20.7 Å². The molecule has 2 heterocycles. The summed E-state index contributed by atoms with van der Waals surface area (Å²) in [5, 5.41) is 4.79. The van der Waals surface area contributed by atoms with E-state index in [1.807, 2.05) is 17.5 Å². The van der Waals surface area contributed by atoms with Crippen molar-refractivity contribution in [1.29, 1.82) is 0 Å². The average molecular weight is 223 g/mol. The van der Waals surface area contributed by atoms with E-state index >= 15 is 0 Å². The van der Waals surface area contributed by atoms with E-state index in [0.717, 1.165) is 4.88 Å². The van der Waals surface area contributed by atoms with Crippen molar-refractivity contribution in [2.24, 2.45) is 0 Å². The molecule has 2 aromatic rings. The molecule has 0 aliphatic rings. The fourth-order valence-corrected chi connectivity index (χ4v) is 3.15. The van der Waals surface area contributed by atoms with Gasteiger partial charge in [0.05, 0.1) is 4.88 Å². The molecular weight excluding hydrogens is 214 g/mol. The zero-order chi connectivity index (χ0) is 9.97. The summed E-state index contributed by atoms with van der Waals surface area (Å²) in [5.41, 5.74) is 0. The Morgan fingerprint density at radius 3 is 3.14 bits per heavy atom. The van der Waals surface area contributed by atoms with Gasteiger partial charge in [-0.1, -0.05) is 6.08 Å². The van der Waals surface area contributed by atoms with Gasteiger partial charge >= 0.3 is 0 Å². The first-order valence-electron chi connectivity index (χ1n) is 4.17. The second-order valence-electron chi connectivity index (χ2n) is 2.76. The highest BCUT2D eigenvalue weighted by Gasteiger charge is 2.09. The van der Waals surface area contributed by atoms with Crippen LogP contribution in [-0.4, -0.2) is 12.5 Å². The molecule has 1 amide bonds. The van der Waals surface area contributed by atoms with E-state index in [0.29, 0.717) is 6.54 Å². The van der Waals surface area contributed by atoms with Crippen LogP contribution in [0, 0.1) is 0 Å². The summed E-state index contributed by atoms with van der Waals surface area (Å²) in [6, 6.07) is 3.97. The number of hydrogen-bond acceptors (Lipinski definition) is 3. The molecule has 0 aromatic carbocycles. The minimum absolute atomic E-state index is 0.0155. The van der Waals surface area contributed by atoms with Crippen molar-refractivity contribution in [3.8, 4) is 0 Å². The second kappa shape index (κ2) is 3.94. The number of thiophene rings is 2. The lowest BCUT2D eigenvalue weighted by Gasteiger charge is -1.96. The van der Waals surface area contributed by atoms with E-state index in [2.05, 4.69) is 11.9 Å². The van der Waals surface area contributed by atoms with Crippen LogP contribution in [0.1, 0.15) is 9.67 Å². The Kier molecular flexibility index (Phi) is 2.65. The maximum absolute atomic E-state index is 11.5. The lowest BCUT2D eigenvalue weighted by atomic mass is 10.4. The topological polar surface area (TPSA) is 29.1 Å². The van der Waals surface area contributed by atoms with Gasteiger partial charge in [0.25, 0.3) is 5.91 Å². The SMILES string of the molecule is C=CCNC(=O)c1cc2sccc2s1. The highest BCUT2D eigenvalue weighted by Crippen LogP contribution is 2.29. The smallest absolute Gasteiger partial charge is 0.261 e. The first-order valence-corrected chi connectivity index (χ1v) is 5.87. The number of hydrogen-bond donors (Lipinski definition) is 1. The molecule has 0 spiro atoms.